The summed E-state index contributed by atoms with van der Waals surface area (Å²) in [4.78, 5) is 12.7. The van der Waals surface area contributed by atoms with Crippen molar-refractivity contribution in [2.24, 2.45) is 0 Å². The predicted molar refractivity (Wildman–Crippen MR) is 61.7 cm³/mol. The fourth-order valence-electron chi connectivity index (χ4n) is 2.43. The van der Waals surface area contributed by atoms with Crippen molar-refractivity contribution >= 4 is 13.6 Å². The van der Waals surface area contributed by atoms with E-state index in [1.54, 1.807) is 7.41 Å². The Hall–Kier alpha value is -1.13. The second-order valence-corrected chi connectivity index (χ2v) is 4.37. The third-order valence-electron chi connectivity index (χ3n) is 3.37. The van der Waals surface area contributed by atoms with E-state index >= 15 is 0 Å². The normalized spacial score (nSPS) is 28.2. The Morgan fingerprint density at radius 1 is 1.38 bits per heavy atom. The molecule has 0 aliphatic carbocycles. The summed E-state index contributed by atoms with van der Waals surface area (Å²) in [7, 11) is 1.64. The molecular weight excluding hydrogens is 201 g/mol. The minimum atomic E-state index is 0.310. The van der Waals surface area contributed by atoms with Crippen molar-refractivity contribution in [3.63, 3.8) is 0 Å². The molecule has 2 aliphatic rings. The molecule has 1 aromatic rings. The average molecular weight is 214 g/mol. The van der Waals surface area contributed by atoms with Crippen LogP contribution in [-0.4, -0.2) is 37.2 Å². The Kier molecular flexibility index (Phi) is 2.54. The summed E-state index contributed by atoms with van der Waals surface area (Å²) >= 11 is 0. The van der Waals surface area contributed by atoms with Gasteiger partial charge in [0.2, 0.25) is 0 Å². The maximum Gasteiger partial charge on any atom is 0.293 e. The molecule has 1 fully saturated rings. The molecule has 0 unspecified atom stereocenters. The van der Waals surface area contributed by atoms with Crippen molar-refractivity contribution < 1.29 is 9.53 Å². The van der Waals surface area contributed by atoms with Crippen LogP contribution in [0.4, 0.5) is 0 Å². The molecule has 0 aromatic heterocycles. The van der Waals surface area contributed by atoms with Crippen molar-refractivity contribution in [1.29, 1.82) is 0 Å². The first kappa shape index (κ1) is 10.1. The van der Waals surface area contributed by atoms with E-state index < -0.39 is 0 Å². The molecule has 3 nitrogen and oxygen atoms in total. The summed E-state index contributed by atoms with van der Waals surface area (Å²) < 4.78 is 5.36. The molecule has 2 aliphatic heterocycles. The van der Waals surface area contributed by atoms with E-state index in [0.29, 0.717) is 12.1 Å². The number of carbonyl (C=O) groups excluding carboxylic acids is 1. The van der Waals surface area contributed by atoms with Gasteiger partial charge in [0.25, 0.3) is 7.41 Å². The lowest BCUT2D eigenvalue weighted by atomic mass is 9.83. The maximum absolute atomic E-state index is 10.6. The molecule has 4 heteroatoms. The zero-order valence-electron chi connectivity index (χ0n) is 9.00. The topological polar surface area (TPSA) is 32.8 Å². The Morgan fingerprint density at radius 2 is 2.12 bits per heavy atom. The first-order valence-corrected chi connectivity index (χ1v) is 5.61. The summed E-state index contributed by atoms with van der Waals surface area (Å²) in [6, 6.07) is 8.75. The van der Waals surface area contributed by atoms with Gasteiger partial charge in [-0.15, -0.1) is 0 Å². The fraction of sp³-hybridized carbons (Fsp3) is 0.417. The van der Waals surface area contributed by atoms with Crippen LogP contribution in [0.1, 0.15) is 11.1 Å². The van der Waals surface area contributed by atoms with Crippen LogP contribution < -0.4 is 0 Å². The highest BCUT2D eigenvalue weighted by atomic mass is 16.6. The molecule has 0 N–H and O–H groups in total. The molecule has 16 heavy (non-hydrogen) atoms. The number of nitrogens with zero attached hydrogens (tertiary/aromatic N) is 1. The number of fused-ring (bicyclic) bond motifs is 1. The first-order chi connectivity index (χ1) is 7.88. The monoisotopic (exact) mass is 214 g/mol. The van der Waals surface area contributed by atoms with Crippen LogP contribution in [-0.2, 0) is 22.5 Å². The standard InChI is InChI=1S/C12H13BNO2/c15-8-13-14-6-10-4-2-1-3-9(10)5-11(14)12-7-16-12/h1-4,8,11-12H,5-7H2/t11-,12+/m0/s1. The van der Waals surface area contributed by atoms with Gasteiger partial charge in [0.15, 0.2) is 0 Å². The van der Waals surface area contributed by atoms with Gasteiger partial charge in [-0.1, -0.05) is 24.3 Å². The second kappa shape index (κ2) is 4.03. The van der Waals surface area contributed by atoms with Crippen molar-refractivity contribution in [3.05, 3.63) is 35.4 Å². The smallest absolute Gasteiger partial charge is 0.293 e. The van der Waals surface area contributed by atoms with Crippen LogP contribution in [0.15, 0.2) is 24.3 Å². The first-order valence-electron chi connectivity index (χ1n) is 5.61. The van der Waals surface area contributed by atoms with Gasteiger partial charge in [-0.3, -0.25) is 0 Å². The van der Waals surface area contributed by atoms with E-state index in [1.807, 2.05) is 6.07 Å². The molecule has 1 saturated heterocycles. The molecule has 0 bridgehead atoms. The number of hydrogen-bond donors (Lipinski definition) is 0. The van der Waals surface area contributed by atoms with Crippen LogP contribution in [0, 0.1) is 0 Å². The van der Waals surface area contributed by atoms with Crippen molar-refractivity contribution in [3.8, 4) is 0 Å². The third kappa shape index (κ3) is 1.79. The zero-order chi connectivity index (χ0) is 11.0. The molecule has 2 heterocycles. The molecular formula is C12H13BNO2. The van der Waals surface area contributed by atoms with Crippen molar-refractivity contribution in [2.75, 3.05) is 6.61 Å². The van der Waals surface area contributed by atoms with E-state index in [9.17, 15) is 4.79 Å². The molecule has 1 radical (unpaired) electrons. The summed E-state index contributed by atoms with van der Waals surface area (Å²) in [5.74, 6) is 0. The highest BCUT2D eigenvalue weighted by Gasteiger charge is 2.39. The van der Waals surface area contributed by atoms with Crippen molar-refractivity contribution in [2.45, 2.75) is 25.1 Å². The van der Waals surface area contributed by atoms with Gasteiger partial charge in [-0.2, -0.15) is 0 Å². The molecule has 1 aromatic carbocycles. The Balaban J connectivity index is 1.87. The number of epoxide rings is 1. The van der Waals surface area contributed by atoms with Gasteiger partial charge >= 0.3 is 0 Å². The van der Waals surface area contributed by atoms with E-state index in [-0.39, 0.29) is 0 Å². The Labute approximate surface area is 95.7 Å². The summed E-state index contributed by atoms with van der Waals surface area (Å²) in [5.41, 5.74) is 2.70. The number of benzene rings is 1. The number of rotatable bonds is 3. The average Bonchev–Trinajstić information content (AvgIpc) is 3.12. The van der Waals surface area contributed by atoms with Crippen LogP contribution in [0.5, 0.6) is 0 Å². The van der Waals surface area contributed by atoms with Gasteiger partial charge in [0.1, 0.15) is 0 Å². The van der Waals surface area contributed by atoms with Gasteiger partial charge in [-0.05, 0) is 17.5 Å². The quantitative estimate of drug-likeness (QED) is 0.420. The number of hydrogen-bond acceptors (Lipinski definition) is 3. The van der Waals surface area contributed by atoms with E-state index in [0.717, 1.165) is 25.8 Å². The minimum Gasteiger partial charge on any atom is -0.371 e. The summed E-state index contributed by atoms with van der Waals surface area (Å²) in [6.07, 6.45) is 2.15. The molecule has 2 atom stereocenters. The largest absolute Gasteiger partial charge is 0.371 e. The highest BCUT2D eigenvalue weighted by molar-refractivity contribution is 6.64. The Bertz CT molecular complexity index is 406. The summed E-state index contributed by atoms with van der Waals surface area (Å²) in [5, 5.41) is 0. The third-order valence-corrected chi connectivity index (χ3v) is 3.37. The lowest BCUT2D eigenvalue weighted by Crippen LogP contribution is -2.46. The van der Waals surface area contributed by atoms with Crippen LogP contribution >= 0.6 is 0 Å². The van der Waals surface area contributed by atoms with Crippen molar-refractivity contribution in [1.82, 2.24) is 4.81 Å². The SMILES string of the molecule is O=C[B]N1Cc2ccccc2C[C@H]1[C@H]1CO1. The predicted octanol–water partition coefficient (Wildman–Crippen LogP) is 0.621. The molecule has 81 valence electrons. The Morgan fingerprint density at radius 3 is 2.81 bits per heavy atom. The lowest BCUT2D eigenvalue weighted by molar-refractivity contribution is 0.237. The lowest BCUT2D eigenvalue weighted by Gasteiger charge is -2.34. The van der Waals surface area contributed by atoms with E-state index in [1.165, 1.54) is 11.1 Å². The maximum atomic E-state index is 10.6. The number of ether oxygens (including phenoxy) is 1. The van der Waals surface area contributed by atoms with Crippen LogP contribution in [0.25, 0.3) is 0 Å². The van der Waals surface area contributed by atoms with Gasteiger partial charge in [0.05, 0.1) is 18.9 Å². The van der Waals surface area contributed by atoms with Gasteiger partial charge in [-0.25, -0.2) is 0 Å². The second-order valence-electron chi connectivity index (χ2n) is 4.37. The molecule has 0 amide bonds. The number of carbonyl (C=O) groups is 1. The summed E-state index contributed by atoms with van der Waals surface area (Å²) in [6.45, 7) is 1.65. The van der Waals surface area contributed by atoms with Crippen LogP contribution in [0.3, 0.4) is 0 Å². The molecule has 3 rings (SSSR count). The molecule has 0 saturated carbocycles. The fourth-order valence-corrected chi connectivity index (χ4v) is 2.43. The van der Waals surface area contributed by atoms with Gasteiger partial charge in [0, 0.05) is 12.6 Å². The molecule has 0 spiro atoms. The van der Waals surface area contributed by atoms with E-state index in [4.69, 9.17) is 4.74 Å². The minimum absolute atomic E-state index is 0.310. The van der Waals surface area contributed by atoms with Gasteiger partial charge < -0.3 is 14.3 Å². The van der Waals surface area contributed by atoms with Crippen LogP contribution in [0.2, 0.25) is 0 Å². The highest BCUT2D eigenvalue weighted by Crippen LogP contribution is 2.29. The zero-order valence-corrected chi connectivity index (χ0v) is 9.00. The van der Waals surface area contributed by atoms with E-state index in [2.05, 4.69) is 23.0 Å².